The van der Waals surface area contributed by atoms with Crippen molar-refractivity contribution in [1.29, 1.82) is 0 Å². The zero-order valence-electron chi connectivity index (χ0n) is 12.7. The summed E-state index contributed by atoms with van der Waals surface area (Å²) in [5.41, 5.74) is 1.15. The van der Waals surface area contributed by atoms with Crippen LogP contribution in [0.5, 0.6) is 5.75 Å². The summed E-state index contributed by atoms with van der Waals surface area (Å²) in [7, 11) is 0. The lowest BCUT2D eigenvalue weighted by molar-refractivity contribution is -0.149. The molecule has 0 heterocycles. The summed E-state index contributed by atoms with van der Waals surface area (Å²) in [6.07, 6.45) is 2.05. The summed E-state index contributed by atoms with van der Waals surface area (Å²) in [6, 6.07) is 7.58. The van der Waals surface area contributed by atoms with Gasteiger partial charge in [0.25, 0.3) is 5.91 Å². The summed E-state index contributed by atoms with van der Waals surface area (Å²) >= 11 is 0. The first-order chi connectivity index (χ1) is 10.1. The minimum absolute atomic E-state index is 0.121. The summed E-state index contributed by atoms with van der Waals surface area (Å²) in [5.74, 6) is 0.00900. The molecule has 0 aliphatic carbocycles. The Kier molecular flexibility index (Phi) is 7.94. The van der Waals surface area contributed by atoms with Gasteiger partial charge in [0.05, 0.1) is 13.0 Å². The number of carbonyl (C=O) groups excluding carboxylic acids is 2. The van der Waals surface area contributed by atoms with Crippen LogP contribution in [0.3, 0.4) is 0 Å². The third-order valence-corrected chi connectivity index (χ3v) is 2.81. The van der Waals surface area contributed by atoms with Crippen LogP contribution in [0.1, 0.15) is 31.7 Å². The molecule has 0 radical (unpaired) electrons. The highest BCUT2D eigenvalue weighted by Crippen LogP contribution is 2.11. The van der Waals surface area contributed by atoms with Gasteiger partial charge in [-0.3, -0.25) is 9.59 Å². The molecule has 0 aliphatic heterocycles. The van der Waals surface area contributed by atoms with E-state index in [1.54, 1.807) is 0 Å². The van der Waals surface area contributed by atoms with Gasteiger partial charge in [0.15, 0.2) is 6.61 Å². The van der Waals surface area contributed by atoms with E-state index < -0.39 is 5.97 Å². The number of hydrogen-bond acceptors (Lipinski definition) is 4. The van der Waals surface area contributed by atoms with Crippen LogP contribution in [0.4, 0.5) is 0 Å². The molecule has 0 atom stereocenters. The average molecular weight is 293 g/mol. The molecule has 0 saturated carbocycles. The Morgan fingerprint density at radius 2 is 1.90 bits per heavy atom. The monoisotopic (exact) mass is 293 g/mol. The molecule has 1 aromatic carbocycles. The van der Waals surface area contributed by atoms with Crippen LogP contribution in [0, 0.1) is 6.92 Å². The van der Waals surface area contributed by atoms with Crippen molar-refractivity contribution in [1.82, 2.24) is 5.32 Å². The molecular formula is C16H23NO4. The van der Waals surface area contributed by atoms with Gasteiger partial charge in [-0.1, -0.05) is 31.0 Å². The van der Waals surface area contributed by atoms with Crippen molar-refractivity contribution in [3.05, 3.63) is 29.8 Å². The first kappa shape index (κ1) is 17.0. The maximum Gasteiger partial charge on any atom is 0.309 e. The second-order valence-corrected chi connectivity index (χ2v) is 4.78. The van der Waals surface area contributed by atoms with Crippen molar-refractivity contribution in [2.75, 3.05) is 19.8 Å². The van der Waals surface area contributed by atoms with E-state index in [4.69, 9.17) is 9.47 Å². The van der Waals surface area contributed by atoms with Gasteiger partial charge in [-0.05, 0) is 25.5 Å². The Morgan fingerprint density at radius 3 is 2.57 bits per heavy atom. The lowest BCUT2D eigenvalue weighted by atomic mass is 10.2. The first-order valence-corrected chi connectivity index (χ1v) is 7.23. The molecule has 1 rings (SSSR count). The number of amides is 1. The Morgan fingerprint density at radius 1 is 1.19 bits per heavy atom. The van der Waals surface area contributed by atoms with Gasteiger partial charge in [0.1, 0.15) is 5.75 Å². The van der Waals surface area contributed by atoms with Crippen molar-refractivity contribution in [2.45, 2.75) is 33.1 Å². The number of esters is 1. The van der Waals surface area contributed by atoms with Crippen LogP contribution in [0.25, 0.3) is 0 Å². The second kappa shape index (κ2) is 9.80. The van der Waals surface area contributed by atoms with Gasteiger partial charge in [-0.2, -0.15) is 0 Å². The quantitative estimate of drug-likeness (QED) is 0.560. The highest BCUT2D eigenvalue weighted by atomic mass is 16.5. The van der Waals surface area contributed by atoms with Crippen molar-refractivity contribution >= 4 is 11.9 Å². The topological polar surface area (TPSA) is 64.6 Å². The number of hydrogen-bond donors (Lipinski definition) is 1. The molecule has 0 aliphatic rings. The van der Waals surface area contributed by atoms with Gasteiger partial charge in [0, 0.05) is 6.54 Å². The molecule has 0 bridgehead atoms. The molecule has 5 nitrogen and oxygen atoms in total. The molecule has 0 saturated heterocycles. The van der Waals surface area contributed by atoms with Gasteiger partial charge < -0.3 is 14.8 Å². The predicted molar refractivity (Wildman–Crippen MR) is 80.2 cm³/mol. The van der Waals surface area contributed by atoms with Crippen molar-refractivity contribution in [2.24, 2.45) is 0 Å². The predicted octanol–water partition coefficient (Wildman–Crippen LogP) is 2.22. The number of ether oxygens (including phenoxy) is 2. The Bertz CT molecular complexity index is 442. The summed E-state index contributed by atoms with van der Waals surface area (Å²) in [5, 5.41) is 2.68. The molecule has 0 spiro atoms. The van der Waals surface area contributed by atoms with Crippen LogP contribution in [-0.2, 0) is 14.3 Å². The fraction of sp³-hybridized carbons (Fsp3) is 0.500. The number of benzene rings is 1. The molecule has 1 N–H and O–H groups in total. The van der Waals surface area contributed by atoms with E-state index in [-0.39, 0.29) is 25.5 Å². The standard InChI is InChI=1S/C16H23NO4/c1-3-4-10-17-15(18)12-21-16(19)9-11-20-14-7-5-13(2)6-8-14/h5-8H,3-4,9-12H2,1-2H3,(H,17,18). The van der Waals surface area contributed by atoms with Crippen LogP contribution >= 0.6 is 0 Å². The molecule has 1 aromatic rings. The molecule has 116 valence electrons. The lowest BCUT2D eigenvalue weighted by Crippen LogP contribution is -2.29. The fourth-order valence-electron chi connectivity index (χ4n) is 1.56. The Balaban J connectivity index is 2.11. The van der Waals surface area contributed by atoms with Crippen LogP contribution in [-0.4, -0.2) is 31.6 Å². The molecule has 21 heavy (non-hydrogen) atoms. The smallest absolute Gasteiger partial charge is 0.309 e. The van der Waals surface area contributed by atoms with E-state index in [9.17, 15) is 9.59 Å². The molecule has 5 heteroatoms. The van der Waals surface area contributed by atoms with Gasteiger partial charge >= 0.3 is 5.97 Å². The molecule has 0 aromatic heterocycles. The van der Waals surface area contributed by atoms with E-state index >= 15 is 0 Å². The normalized spacial score (nSPS) is 10.0. The van der Waals surface area contributed by atoms with E-state index in [0.29, 0.717) is 12.3 Å². The van der Waals surface area contributed by atoms with Crippen molar-refractivity contribution in [3.63, 3.8) is 0 Å². The molecule has 0 fully saturated rings. The van der Waals surface area contributed by atoms with Crippen LogP contribution < -0.4 is 10.1 Å². The number of nitrogens with one attached hydrogen (secondary N) is 1. The second-order valence-electron chi connectivity index (χ2n) is 4.78. The number of carbonyl (C=O) groups is 2. The van der Waals surface area contributed by atoms with E-state index in [1.807, 2.05) is 38.1 Å². The van der Waals surface area contributed by atoms with Gasteiger partial charge in [-0.15, -0.1) is 0 Å². The van der Waals surface area contributed by atoms with Crippen LogP contribution in [0.2, 0.25) is 0 Å². The van der Waals surface area contributed by atoms with Gasteiger partial charge in [-0.25, -0.2) is 0 Å². The maximum absolute atomic E-state index is 11.4. The summed E-state index contributed by atoms with van der Waals surface area (Å²) < 4.78 is 10.3. The lowest BCUT2D eigenvalue weighted by Gasteiger charge is -2.07. The van der Waals surface area contributed by atoms with E-state index in [2.05, 4.69) is 5.32 Å². The highest BCUT2D eigenvalue weighted by Gasteiger charge is 2.07. The average Bonchev–Trinajstić information content (AvgIpc) is 2.47. The van der Waals surface area contributed by atoms with Gasteiger partial charge in [0.2, 0.25) is 0 Å². The Labute approximate surface area is 125 Å². The van der Waals surface area contributed by atoms with Crippen LogP contribution in [0.15, 0.2) is 24.3 Å². The zero-order valence-corrected chi connectivity index (χ0v) is 12.7. The minimum Gasteiger partial charge on any atom is -0.493 e. The van der Waals surface area contributed by atoms with E-state index in [0.717, 1.165) is 18.4 Å². The van der Waals surface area contributed by atoms with Crippen molar-refractivity contribution in [3.8, 4) is 5.75 Å². The largest absolute Gasteiger partial charge is 0.493 e. The third kappa shape index (κ3) is 7.97. The third-order valence-electron chi connectivity index (χ3n) is 2.81. The SMILES string of the molecule is CCCCNC(=O)COC(=O)CCOc1ccc(C)cc1. The molecule has 1 amide bonds. The Hall–Kier alpha value is -2.04. The summed E-state index contributed by atoms with van der Waals surface area (Å²) in [6.45, 7) is 4.66. The summed E-state index contributed by atoms with van der Waals surface area (Å²) in [4.78, 5) is 22.8. The highest BCUT2D eigenvalue weighted by molar-refractivity contribution is 5.80. The number of unbranched alkanes of at least 4 members (excludes halogenated alkanes) is 1. The molecule has 0 unspecified atom stereocenters. The van der Waals surface area contributed by atoms with Crippen molar-refractivity contribution < 1.29 is 19.1 Å². The first-order valence-electron chi connectivity index (χ1n) is 7.23. The number of rotatable bonds is 9. The maximum atomic E-state index is 11.4. The van der Waals surface area contributed by atoms with E-state index in [1.165, 1.54) is 0 Å². The zero-order chi connectivity index (χ0) is 15.5. The fourth-order valence-corrected chi connectivity index (χ4v) is 1.56. The number of aryl methyl sites for hydroxylation is 1. The molecular weight excluding hydrogens is 270 g/mol. The minimum atomic E-state index is -0.437.